The maximum atomic E-state index is 4.31. The predicted octanol–water partition coefficient (Wildman–Crippen LogP) is 3.83. The molecule has 4 heteroatoms. The van der Waals surface area contributed by atoms with E-state index in [1.54, 1.807) is 0 Å². The third-order valence-corrected chi connectivity index (χ3v) is 3.39. The molecule has 1 aromatic heterocycles. The lowest BCUT2D eigenvalue weighted by atomic mass is 10.2. The highest BCUT2D eigenvalue weighted by atomic mass is 79.9. The van der Waals surface area contributed by atoms with Crippen molar-refractivity contribution in [2.24, 2.45) is 0 Å². The predicted molar refractivity (Wildman–Crippen MR) is 84.8 cm³/mol. The molecule has 19 heavy (non-hydrogen) atoms. The quantitative estimate of drug-likeness (QED) is 0.928. The van der Waals surface area contributed by atoms with E-state index in [2.05, 4.69) is 49.3 Å². The van der Waals surface area contributed by atoms with Crippen LogP contribution in [-0.4, -0.2) is 19.1 Å². The van der Waals surface area contributed by atoms with E-state index in [1.807, 2.05) is 39.3 Å². The number of hydrogen-bond acceptors (Lipinski definition) is 3. The van der Waals surface area contributed by atoms with Crippen molar-refractivity contribution in [3.8, 4) is 0 Å². The van der Waals surface area contributed by atoms with Gasteiger partial charge in [-0.3, -0.25) is 4.98 Å². The van der Waals surface area contributed by atoms with Crippen molar-refractivity contribution in [1.29, 1.82) is 0 Å². The smallest absolute Gasteiger partial charge is 0.0597 e. The first-order valence-corrected chi connectivity index (χ1v) is 6.98. The van der Waals surface area contributed by atoms with Crippen molar-refractivity contribution < 1.29 is 0 Å². The molecule has 0 bridgehead atoms. The van der Waals surface area contributed by atoms with Crippen LogP contribution in [0, 0.1) is 6.92 Å². The molecular weight excluding hydrogens is 302 g/mol. The standard InChI is InChI=1S/C15H18BrN3/c1-11-4-5-12(9-17-11)10-18-14-8-13(16)6-7-15(14)19(2)3/h4-9,18H,10H2,1-3H3. The molecule has 0 amide bonds. The van der Waals surface area contributed by atoms with E-state index in [9.17, 15) is 0 Å². The van der Waals surface area contributed by atoms with Gasteiger partial charge in [-0.1, -0.05) is 22.0 Å². The number of nitrogens with zero attached hydrogens (tertiary/aromatic N) is 2. The van der Waals surface area contributed by atoms with Gasteiger partial charge in [0.25, 0.3) is 0 Å². The Morgan fingerprint density at radius 1 is 1.21 bits per heavy atom. The first kappa shape index (κ1) is 13.9. The molecule has 0 radical (unpaired) electrons. The van der Waals surface area contributed by atoms with Gasteiger partial charge in [-0.25, -0.2) is 0 Å². The Morgan fingerprint density at radius 2 is 2.00 bits per heavy atom. The second kappa shape index (κ2) is 6.06. The Balaban J connectivity index is 2.14. The van der Waals surface area contributed by atoms with Gasteiger partial charge in [-0.05, 0) is 36.8 Å². The van der Waals surface area contributed by atoms with Crippen LogP contribution in [0.4, 0.5) is 11.4 Å². The van der Waals surface area contributed by atoms with E-state index in [4.69, 9.17) is 0 Å². The Bertz CT molecular complexity index is 550. The van der Waals surface area contributed by atoms with E-state index in [-0.39, 0.29) is 0 Å². The minimum atomic E-state index is 0.768. The van der Waals surface area contributed by atoms with E-state index in [0.717, 1.165) is 22.4 Å². The highest BCUT2D eigenvalue weighted by molar-refractivity contribution is 9.10. The van der Waals surface area contributed by atoms with Gasteiger partial charge in [0.05, 0.1) is 11.4 Å². The van der Waals surface area contributed by atoms with Crippen LogP contribution >= 0.6 is 15.9 Å². The third-order valence-electron chi connectivity index (χ3n) is 2.90. The average Bonchev–Trinajstić information content (AvgIpc) is 2.38. The summed E-state index contributed by atoms with van der Waals surface area (Å²) in [4.78, 5) is 6.41. The zero-order valence-electron chi connectivity index (χ0n) is 11.4. The number of hydrogen-bond donors (Lipinski definition) is 1. The minimum Gasteiger partial charge on any atom is -0.379 e. The van der Waals surface area contributed by atoms with E-state index >= 15 is 0 Å². The number of benzene rings is 1. The van der Waals surface area contributed by atoms with E-state index in [0.29, 0.717) is 0 Å². The maximum absolute atomic E-state index is 4.31. The van der Waals surface area contributed by atoms with Crippen molar-refractivity contribution in [2.45, 2.75) is 13.5 Å². The summed E-state index contributed by atoms with van der Waals surface area (Å²) < 4.78 is 1.07. The fourth-order valence-corrected chi connectivity index (χ4v) is 2.20. The molecule has 0 spiro atoms. The van der Waals surface area contributed by atoms with Crippen LogP contribution < -0.4 is 10.2 Å². The molecule has 2 aromatic rings. The average molecular weight is 320 g/mol. The van der Waals surface area contributed by atoms with Crippen LogP contribution in [0.3, 0.4) is 0 Å². The molecule has 0 aliphatic rings. The molecule has 3 nitrogen and oxygen atoms in total. The molecule has 0 fully saturated rings. The molecule has 100 valence electrons. The van der Waals surface area contributed by atoms with Gasteiger partial charge in [0, 0.05) is 37.0 Å². The monoisotopic (exact) mass is 319 g/mol. The van der Waals surface area contributed by atoms with Crippen LogP contribution in [-0.2, 0) is 6.54 Å². The van der Waals surface area contributed by atoms with Gasteiger partial charge >= 0.3 is 0 Å². The highest BCUT2D eigenvalue weighted by Crippen LogP contribution is 2.28. The van der Waals surface area contributed by atoms with Crippen LogP contribution in [0.1, 0.15) is 11.3 Å². The Kier molecular flexibility index (Phi) is 4.43. The molecule has 1 aromatic carbocycles. The number of nitrogens with one attached hydrogen (secondary N) is 1. The third kappa shape index (κ3) is 3.70. The summed E-state index contributed by atoms with van der Waals surface area (Å²) in [7, 11) is 4.09. The first-order chi connectivity index (χ1) is 9.06. The normalized spacial score (nSPS) is 10.3. The molecular formula is C15H18BrN3. The molecule has 2 rings (SSSR count). The van der Waals surface area contributed by atoms with Gasteiger partial charge in [0.2, 0.25) is 0 Å². The van der Waals surface area contributed by atoms with Crippen molar-refractivity contribution in [2.75, 3.05) is 24.3 Å². The van der Waals surface area contributed by atoms with Crippen molar-refractivity contribution in [3.63, 3.8) is 0 Å². The number of pyridine rings is 1. The molecule has 0 saturated heterocycles. The first-order valence-electron chi connectivity index (χ1n) is 6.18. The number of halogens is 1. The summed E-state index contributed by atoms with van der Waals surface area (Å²) in [5.41, 5.74) is 4.50. The fourth-order valence-electron chi connectivity index (χ4n) is 1.84. The Hall–Kier alpha value is -1.55. The summed E-state index contributed by atoms with van der Waals surface area (Å²) in [5.74, 6) is 0. The fraction of sp³-hybridized carbons (Fsp3) is 0.267. The van der Waals surface area contributed by atoms with Crippen LogP contribution in [0.5, 0.6) is 0 Å². The van der Waals surface area contributed by atoms with Crippen molar-refractivity contribution in [3.05, 3.63) is 52.3 Å². The number of rotatable bonds is 4. The number of anilines is 2. The second-order valence-electron chi connectivity index (χ2n) is 4.72. The van der Waals surface area contributed by atoms with E-state index < -0.39 is 0 Å². The zero-order valence-corrected chi connectivity index (χ0v) is 13.0. The zero-order chi connectivity index (χ0) is 13.8. The second-order valence-corrected chi connectivity index (χ2v) is 5.63. The number of aryl methyl sites for hydroxylation is 1. The van der Waals surface area contributed by atoms with Crippen molar-refractivity contribution in [1.82, 2.24) is 4.98 Å². The maximum Gasteiger partial charge on any atom is 0.0597 e. The summed E-state index contributed by atoms with van der Waals surface area (Å²) in [6.45, 7) is 2.76. The topological polar surface area (TPSA) is 28.2 Å². The Morgan fingerprint density at radius 3 is 2.63 bits per heavy atom. The summed E-state index contributed by atoms with van der Waals surface area (Å²) in [6.07, 6.45) is 1.91. The van der Waals surface area contributed by atoms with E-state index in [1.165, 1.54) is 11.3 Å². The molecule has 0 aliphatic heterocycles. The Labute approximate surface area is 122 Å². The lowest BCUT2D eigenvalue weighted by Gasteiger charge is -2.19. The van der Waals surface area contributed by atoms with Crippen LogP contribution in [0.25, 0.3) is 0 Å². The minimum absolute atomic E-state index is 0.768. The van der Waals surface area contributed by atoms with Gasteiger partial charge in [-0.15, -0.1) is 0 Å². The molecule has 0 atom stereocenters. The molecule has 1 N–H and O–H groups in total. The molecule has 0 unspecified atom stereocenters. The molecule has 1 heterocycles. The summed E-state index contributed by atoms with van der Waals surface area (Å²) in [5, 5.41) is 3.46. The van der Waals surface area contributed by atoms with Crippen LogP contribution in [0.15, 0.2) is 41.0 Å². The SMILES string of the molecule is Cc1ccc(CNc2cc(Br)ccc2N(C)C)cn1. The lowest BCUT2D eigenvalue weighted by molar-refractivity contribution is 1.07. The van der Waals surface area contributed by atoms with Gasteiger partial charge < -0.3 is 10.2 Å². The summed E-state index contributed by atoms with van der Waals surface area (Å²) in [6, 6.07) is 10.4. The number of aromatic nitrogens is 1. The molecule has 0 aliphatic carbocycles. The largest absolute Gasteiger partial charge is 0.379 e. The van der Waals surface area contributed by atoms with Gasteiger partial charge in [0.1, 0.15) is 0 Å². The molecule has 0 saturated carbocycles. The van der Waals surface area contributed by atoms with Gasteiger partial charge in [-0.2, -0.15) is 0 Å². The van der Waals surface area contributed by atoms with Crippen molar-refractivity contribution >= 4 is 27.3 Å². The summed E-state index contributed by atoms with van der Waals surface area (Å²) >= 11 is 3.51. The lowest BCUT2D eigenvalue weighted by Crippen LogP contribution is -2.12. The van der Waals surface area contributed by atoms with Gasteiger partial charge in [0.15, 0.2) is 0 Å². The van der Waals surface area contributed by atoms with Crippen LogP contribution in [0.2, 0.25) is 0 Å². The highest BCUT2D eigenvalue weighted by Gasteiger charge is 2.05.